The maximum Gasteiger partial charge on any atom is 0.242 e. The van der Waals surface area contributed by atoms with Crippen molar-refractivity contribution in [3.05, 3.63) is 112 Å². The third-order valence-electron chi connectivity index (χ3n) is 4.90. The van der Waals surface area contributed by atoms with E-state index in [-0.39, 0.29) is 23.9 Å². The summed E-state index contributed by atoms with van der Waals surface area (Å²) in [6.45, 7) is 2.06. The summed E-state index contributed by atoms with van der Waals surface area (Å²) in [5.74, 6) is -0.180. The number of amides is 1. The second kappa shape index (κ2) is 8.10. The molecule has 1 atom stereocenters. The number of benzene rings is 3. The Kier molecular flexibility index (Phi) is 5.20. The fourth-order valence-corrected chi connectivity index (χ4v) is 3.39. The van der Waals surface area contributed by atoms with Gasteiger partial charge in [-0.05, 0) is 30.2 Å². The van der Waals surface area contributed by atoms with Gasteiger partial charge in [0.2, 0.25) is 11.3 Å². The Morgan fingerprint density at radius 1 is 0.931 bits per heavy atom. The van der Waals surface area contributed by atoms with Crippen LogP contribution in [0.2, 0.25) is 0 Å². The summed E-state index contributed by atoms with van der Waals surface area (Å²) in [7, 11) is 0. The number of nitrogens with zero attached hydrogens (tertiary/aromatic N) is 2. The SMILES string of the molecule is Cc1ccc(C(NC(=O)Cn2ncc(=O)c3ccccc32)c2ccccc2)cc1. The zero-order chi connectivity index (χ0) is 20.2. The molecule has 1 heterocycles. The first-order valence-corrected chi connectivity index (χ1v) is 9.47. The van der Waals surface area contributed by atoms with Gasteiger partial charge in [0.05, 0.1) is 17.8 Å². The quantitative estimate of drug-likeness (QED) is 0.573. The lowest BCUT2D eigenvalue weighted by Gasteiger charge is -2.20. The molecule has 3 aromatic carbocycles. The van der Waals surface area contributed by atoms with E-state index in [9.17, 15) is 9.59 Å². The molecule has 1 amide bonds. The molecule has 0 saturated carbocycles. The highest BCUT2D eigenvalue weighted by molar-refractivity contribution is 5.82. The maximum absolute atomic E-state index is 12.9. The molecular weight excluding hydrogens is 362 g/mol. The predicted molar refractivity (Wildman–Crippen MR) is 114 cm³/mol. The van der Waals surface area contributed by atoms with Crippen molar-refractivity contribution in [2.45, 2.75) is 19.5 Å². The van der Waals surface area contributed by atoms with Crippen LogP contribution in [0.15, 0.2) is 89.9 Å². The van der Waals surface area contributed by atoms with E-state index < -0.39 is 0 Å². The normalized spacial score (nSPS) is 11.9. The predicted octanol–water partition coefficient (Wildman–Crippen LogP) is 3.61. The highest BCUT2D eigenvalue weighted by Gasteiger charge is 2.17. The van der Waals surface area contributed by atoms with Gasteiger partial charge in [0.15, 0.2) is 0 Å². The minimum absolute atomic E-state index is 0.0238. The molecule has 29 heavy (non-hydrogen) atoms. The zero-order valence-electron chi connectivity index (χ0n) is 16.1. The smallest absolute Gasteiger partial charge is 0.242 e. The van der Waals surface area contributed by atoms with E-state index in [2.05, 4.69) is 10.4 Å². The standard InChI is InChI=1S/C24H21N3O2/c1-17-11-13-19(14-12-17)24(18-7-3-2-4-8-18)26-23(29)16-27-21-10-6-5-9-20(21)22(28)15-25-27/h2-15,24H,16H2,1H3,(H,26,29). The van der Waals surface area contributed by atoms with Gasteiger partial charge in [-0.2, -0.15) is 5.10 Å². The molecule has 4 aromatic rings. The van der Waals surface area contributed by atoms with Gasteiger partial charge in [-0.1, -0.05) is 72.3 Å². The number of hydrogen-bond donors (Lipinski definition) is 1. The van der Waals surface area contributed by atoms with Gasteiger partial charge in [-0.3, -0.25) is 14.3 Å². The Hall–Kier alpha value is -3.73. The van der Waals surface area contributed by atoms with Crippen molar-refractivity contribution in [3.63, 3.8) is 0 Å². The van der Waals surface area contributed by atoms with Gasteiger partial charge in [0, 0.05) is 5.39 Å². The summed E-state index contributed by atoms with van der Waals surface area (Å²) < 4.78 is 1.56. The van der Waals surface area contributed by atoms with Crippen LogP contribution in [0.25, 0.3) is 10.9 Å². The Morgan fingerprint density at radius 2 is 1.59 bits per heavy atom. The summed E-state index contributed by atoms with van der Waals surface area (Å²) in [6.07, 6.45) is 1.25. The minimum atomic E-state index is -0.269. The van der Waals surface area contributed by atoms with Crippen LogP contribution in [0.5, 0.6) is 0 Å². The molecule has 1 N–H and O–H groups in total. The number of carbonyl (C=O) groups is 1. The highest BCUT2D eigenvalue weighted by atomic mass is 16.2. The van der Waals surface area contributed by atoms with Crippen molar-refractivity contribution >= 4 is 16.8 Å². The van der Waals surface area contributed by atoms with Crippen molar-refractivity contribution < 1.29 is 4.79 Å². The summed E-state index contributed by atoms with van der Waals surface area (Å²) in [6, 6.07) is 24.9. The summed E-state index contributed by atoms with van der Waals surface area (Å²) in [5, 5.41) is 7.82. The molecule has 0 aliphatic rings. The number of aryl methyl sites for hydroxylation is 1. The average molecular weight is 383 g/mol. The number of aromatic nitrogens is 2. The molecule has 144 valence electrons. The van der Waals surface area contributed by atoms with E-state index in [1.165, 1.54) is 6.20 Å². The van der Waals surface area contributed by atoms with Gasteiger partial charge < -0.3 is 5.32 Å². The van der Waals surface area contributed by atoms with Crippen LogP contribution in [0.4, 0.5) is 0 Å². The van der Waals surface area contributed by atoms with Crippen molar-refractivity contribution in [1.82, 2.24) is 15.1 Å². The largest absolute Gasteiger partial charge is 0.344 e. The molecule has 0 aliphatic carbocycles. The third kappa shape index (κ3) is 4.09. The van der Waals surface area contributed by atoms with Gasteiger partial charge in [-0.25, -0.2) is 0 Å². The molecule has 1 aromatic heterocycles. The van der Waals surface area contributed by atoms with Crippen LogP contribution in [0.1, 0.15) is 22.7 Å². The number of nitrogens with one attached hydrogen (secondary N) is 1. The van der Waals surface area contributed by atoms with E-state index in [1.54, 1.807) is 22.9 Å². The summed E-state index contributed by atoms with van der Waals surface area (Å²) in [5.41, 5.74) is 3.66. The molecule has 4 rings (SSSR count). The Balaban J connectivity index is 1.63. The molecule has 0 aliphatic heterocycles. The van der Waals surface area contributed by atoms with E-state index in [1.807, 2.05) is 67.6 Å². The van der Waals surface area contributed by atoms with Crippen LogP contribution >= 0.6 is 0 Å². The second-order valence-electron chi connectivity index (χ2n) is 7.01. The van der Waals surface area contributed by atoms with E-state index in [4.69, 9.17) is 0 Å². The monoisotopic (exact) mass is 383 g/mol. The third-order valence-corrected chi connectivity index (χ3v) is 4.90. The first-order chi connectivity index (χ1) is 14.1. The van der Waals surface area contributed by atoms with E-state index in [0.29, 0.717) is 10.9 Å². The fraction of sp³-hybridized carbons (Fsp3) is 0.125. The molecule has 0 saturated heterocycles. The first kappa shape index (κ1) is 18.6. The number of rotatable bonds is 5. The Bertz CT molecular complexity index is 1200. The van der Waals surface area contributed by atoms with Crippen molar-refractivity contribution in [1.29, 1.82) is 0 Å². The average Bonchev–Trinajstić information content (AvgIpc) is 2.76. The molecule has 0 bridgehead atoms. The number of para-hydroxylation sites is 1. The molecular formula is C24H21N3O2. The topological polar surface area (TPSA) is 64.0 Å². The van der Waals surface area contributed by atoms with E-state index in [0.717, 1.165) is 16.7 Å². The molecule has 0 fully saturated rings. The molecule has 0 spiro atoms. The minimum Gasteiger partial charge on any atom is -0.344 e. The van der Waals surface area contributed by atoms with E-state index >= 15 is 0 Å². The number of hydrogen-bond acceptors (Lipinski definition) is 3. The highest BCUT2D eigenvalue weighted by Crippen LogP contribution is 2.22. The molecule has 0 radical (unpaired) electrons. The van der Waals surface area contributed by atoms with Gasteiger partial charge in [-0.15, -0.1) is 0 Å². The Morgan fingerprint density at radius 3 is 2.34 bits per heavy atom. The lowest BCUT2D eigenvalue weighted by Crippen LogP contribution is -2.33. The molecule has 5 nitrogen and oxygen atoms in total. The lowest BCUT2D eigenvalue weighted by molar-refractivity contribution is -0.122. The van der Waals surface area contributed by atoms with Gasteiger partial charge >= 0.3 is 0 Å². The zero-order valence-corrected chi connectivity index (χ0v) is 16.1. The lowest BCUT2D eigenvalue weighted by atomic mass is 9.98. The number of carbonyl (C=O) groups excluding carboxylic acids is 1. The maximum atomic E-state index is 12.9. The van der Waals surface area contributed by atoms with Crippen LogP contribution in [0.3, 0.4) is 0 Å². The van der Waals surface area contributed by atoms with Crippen molar-refractivity contribution in [2.24, 2.45) is 0 Å². The van der Waals surface area contributed by atoms with Crippen LogP contribution < -0.4 is 10.7 Å². The molecule has 5 heteroatoms. The van der Waals surface area contributed by atoms with Gasteiger partial charge in [0.1, 0.15) is 6.54 Å². The van der Waals surface area contributed by atoms with Crippen LogP contribution in [-0.2, 0) is 11.3 Å². The summed E-state index contributed by atoms with van der Waals surface area (Å²) >= 11 is 0. The molecule has 1 unspecified atom stereocenters. The van der Waals surface area contributed by atoms with Crippen molar-refractivity contribution in [3.8, 4) is 0 Å². The van der Waals surface area contributed by atoms with Crippen LogP contribution in [0, 0.1) is 6.92 Å². The first-order valence-electron chi connectivity index (χ1n) is 9.47. The number of fused-ring (bicyclic) bond motifs is 1. The van der Waals surface area contributed by atoms with Gasteiger partial charge in [0.25, 0.3) is 0 Å². The fourth-order valence-electron chi connectivity index (χ4n) is 3.39. The van der Waals surface area contributed by atoms with Crippen molar-refractivity contribution in [2.75, 3.05) is 0 Å². The van der Waals surface area contributed by atoms with Crippen LogP contribution in [-0.4, -0.2) is 15.7 Å². The second-order valence-corrected chi connectivity index (χ2v) is 7.01. The Labute approximate surface area is 168 Å². The summed E-state index contributed by atoms with van der Waals surface area (Å²) in [4.78, 5) is 24.9.